The normalized spacial score (nSPS) is 19.9. The molecule has 0 N–H and O–H groups in total. The first-order valence-corrected chi connectivity index (χ1v) is 14.6. The molecule has 216 valence electrons. The van der Waals surface area contributed by atoms with Crippen molar-refractivity contribution < 1.29 is 23.4 Å². The Labute approximate surface area is 237 Å². The lowest BCUT2D eigenvalue weighted by Gasteiger charge is -2.25. The molecule has 2 aliphatic heterocycles. The van der Waals surface area contributed by atoms with Crippen LogP contribution in [0.15, 0.2) is 59.2 Å². The summed E-state index contributed by atoms with van der Waals surface area (Å²) < 4.78 is 28.8. The highest BCUT2D eigenvalue weighted by Crippen LogP contribution is 2.29. The van der Waals surface area contributed by atoms with Gasteiger partial charge >= 0.3 is 0 Å². The van der Waals surface area contributed by atoms with Crippen molar-refractivity contribution in [2.45, 2.75) is 50.6 Å². The van der Waals surface area contributed by atoms with Crippen LogP contribution in [0.2, 0.25) is 0 Å². The number of rotatable bonds is 15. The topological polar surface area (TPSA) is 69.4 Å². The van der Waals surface area contributed by atoms with Crippen LogP contribution >= 0.6 is 0 Å². The van der Waals surface area contributed by atoms with Gasteiger partial charge in [-0.1, -0.05) is 6.58 Å². The Kier molecular flexibility index (Phi) is 9.97. The molecule has 1 aromatic heterocycles. The van der Waals surface area contributed by atoms with Crippen molar-refractivity contribution in [3.8, 4) is 23.0 Å². The predicted octanol–water partition coefficient (Wildman–Crippen LogP) is 5.77. The molecule has 3 heterocycles. The van der Waals surface area contributed by atoms with Gasteiger partial charge < -0.3 is 23.4 Å². The van der Waals surface area contributed by atoms with Crippen molar-refractivity contribution in [1.82, 2.24) is 14.8 Å². The van der Waals surface area contributed by atoms with Crippen molar-refractivity contribution in [1.29, 1.82) is 0 Å². The summed E-state index contributed by atoms with van der Waals surface area (Å²) in [7, 11) is 3.48. The molecule has 2 aromatic carbocycles. The van der Waals surface area contributed by atoms with Crippen molar-refractivity contribution in [3.05, 3.63) is 54.8 Å². The fourth-order valence-electron chi connectivity index (χ4n) is 5.89. The van der Waals surface area contributed by atoms with Gasteiger partial charge in [0.05, 0.1) is 33.0 Å². The van der Waals surface area contributed by atoms with Crippen LogP contribution in [0.1, 0.15) is 38.5 Å². The Morgan fingerprint density at radius 1 is 0.925 bits per heavy atom. The second-order valence-corrected chi connectivity index (χ2v) is 10.7. The molecular weight excluding hydrogens is 506 g/mol. The van der Waals surface area contributed by atoms with Gasteiger partial charge in [0.1, 0.15) is 22.8 Å². The minimum absolute atomic E-state index is 0.323. The van der Waals surface area contributed by atoms with Gasteiger partial charge in [-0.05, 0) is 88.0 Å². The van der Waals surface area contributed by atoms with Gasteiger partial charge in [0, 0.05) is 37.9 Å². The van der Waals surface area contributed by atoms with Crippen LogP contribution < -0.4 is 9.47 Å². The van der Waals surface area contributed by atoms with Gasteiger partial charge in [0.2, 0.25) is 5.89 Å². The highest BCUT2D eigenvalue weighted by Gasteiger charge is 2.27. The summed E-state index contributed by atoms with van der Waals surface area (Å²) in [6.45, 7) is 10.5. The second kappa shape index (κ2) is 14.0. The molecule has 0 bridgehead atoms. The van der Waals surface area contributed by atoms with Crippen LogP contribution in [-0.4, -0.2) is 87.1 Å². The number of hydrogen-bond donors (Lipinski definition) is 0. The molecular formula is C32H43N3O5. The molecule has 2 aliphatic rings. The third kappa shape index (κ3) is 7.16. The number of benzene rings is 2. The molecule has 5 rings (SSSR count). The minimum atomic E-state index is 0.323. The minimum Gasteiger partial charge on any atom is -0.500 e. The summed E-state index contributed by atoms with van der Waals surface area (Å²) in [5.74, 6) is 3.10. The zero-order valence-electron chi connectivity index (χ0n) is 24.0. The van der Waals surface area contributed by atoms with Crippen molar-refractivity contribution in [2.24, 2.45) is 0 Å². The van der Waals surface area contributed by atoms with Crippen LogP contribution in [0.25, 0.3) is 22.6 Å². The van der Waals surface area contributed by atoms with Crippen molar-refractivity contribution in [3.63, 3.8) is 0 Å². The Hall–Kier alpha value is -3.07. The summed E-state index contributed by atoms with van der Waals surface area (Å²) in [5.41, 5.74) is 2.45. The first-order chi connectivity index (χ1) is 19.6. The summed E-state index contributed by atoms with van der Waals surface area (Å²) >= 11 is 0. The fraction of sp³-hybridized carbons (Fsp3) is 0.531. The SMILES string of the molecule is C=C(OC)[C@H]1CCCN1CCCOc1ccc2nc(-c3ccc(OCCCN4CCC[C@@H]4COC)cc3)oc2c1. The molecule has 0 radical (unpaired) electrons. The first-order valence-electron chi connectivity index (χ1n) is 14.6. The summed E-state index contributed by atoms with van der Waals surface area (Å²) in [6, 6.07) is 14.7. The van der Waals surface area contributed by atoms with Gasteiger partial charge in [0.15, 0.2) is 5.58 Å². The van der Waals surface area contributed by atoms with Gasteiger partial charge in [-0.15, -0.1) is 0 Å². The van der Waals surface area contributed by atoms with Crippen LogP contribution in [-0.2, 0) is 9.47 Å². The van der Waals surface area contributed by atoms with Crippen molar-refractivity contribution >= 4 is 11.1 Å². The molecule has 8 heteroatoms. The summed E-state index contributed by atoms with van der Waals surface area (Å²) in [5, 5.41) is 0. The smallest absolute Gasteiger partial charge is 0.227 e. The molecule has 0 spiro atoms. The highest BCUT2D eigenvalue weighted by molar-refractivity contribution is 5.77. The van der Waals surface area contributed by atoms with Crippen LogP contribution in [0.4, 0.5) is 0 Å². The zero-order valence-corrected chi connectivity index (χ0v) is 24.0. The third-order valence-electron chi connectivity index (χ3n) is 8.03. The van der Waals surface area contributed by atoms with E-state index in [4.69, 9.17) is 23.4 Å². The number of hydrogen-bond acceptors (Lipinski definition) is 8. The molecule has 40 heavy (non-hydrogen) atoms. The van der Waals surface area contributed by atoms with E-state index in [0.29, 0.717) is 31.2 Å². The summed E-state index contributed by atoms with van der Waals surface area (Å²) in [6.07, 6.45) is 6.72. The fourth-order valence-corrected chi connectivity index (χ4v) is 5.89. The maximum Gasteiger partial charge on any atom is 0.227 e. The molecule has 3 aromatic rings. The number of aromatic nitrogens is 1. The standard InChI is InChI=1S/C32H43N3O5/c1-24(37-3)30-9-5-17-35(30)19-7-21-39-28-14-15-29-31(22-28)40-32(33-29)25-10-12-27(13-11-25)38-20-6-18-34-16-4-8-26(34)23-36-2/h10-15,22,26,30H,1,4-9,16-21,23H2,2-3H3/t26-,30-/m1/s1. The van der Waals surface area contributed by atoms with E-state index in [2.05, 4.69) is 21.4 Å². The van der Waals surface area contributed by atoms with Gasteiger partial charge in [-0.2, -0.15) is 0 Å². The first kappa shape index (κ1) is 28.5. The molecule has 0 unspecified atom stereocenters. The van der Waals surface area contributed by atoms with Gasteiger partial charge in [0.25, 0.3) is 0 Å². The predicted molar refractivity (Wildman–Crippen MR) is 157 cm³/mol. The average Bonchev–Trinajstić information content (AvgIpc) is 3.73. The lowest BCUT2D eigenvalue weighted by Crippen LogP contribution is -2.34. The van der Waals surface area contributed by atoms with Crippen LogP contribution in [0, 0.1) is 0 Å². The zero-order chi connectivity index (χ0) is 27.7. The van der Waals surface area contributed by atoms with E-state index in [1.54, 1.807) is 14.2 Å². The average molecular weight is 550 g/mol. The van der Waals surface area contributed by atoms with Crippen molar-refractivity contribution in [2.75, 3.05) is 60.2 Å². The van der Waals surface area contributed by atoms with E-state index in [-0.39, 0.29) is 0 Å². The lowest BCUT2D eigenvalue weighted by molar-refractivity contribution is 0.111. The molecule has 0 amide bonds. The molecule has 0 aliphatic carbocycles. The van der Waals surface area contributed by atoms with E-state index in [0.717, 1.165) is 86.0 Å². The summed E-state index contributed by atoms with van der Waals surface area (Å²) in [4.78, 5) is 9.62. The second-order valence-electron chi connectivity index (χ2n) is 10.7. The molecule has 2 atom stereocenters. The molecule has 8 nitrogen and oxygen atoms in total. The monoisotopic (exact) mass is 549 g/mol. The van der Waals surface area contributed by atoms with Gasteiger partial charge in [-0.3, -0.25) is 9.80 Å². The van der Waals surface area contributed by atoms with E-state index >= 15 is 0 Å². The van der Waals surface area contributed by atoms with Crippen LogP contribution in [0.5, 0.6) is 11.5 Å². The number of oxazole rings is 1. The van der Waals surface area contributed by atoms with Crippen LogP contribution in [0.3, 0.4) is 0 Å². The van der Waals surface area contributed by atoms with E-state index in [9.17, 15) is 0 Å². The number of nitrogens with zero attached hydrogens (tertiary/aromatic N) is 3. The lowest BCUT2D eigenvalue weighted by atomic mass is 10.2. The van der Waals surface area contributed by atoms with E-state index in [1.807, 2.05) is 42.5 Å². The maximum absolute atomic E-state index is 6.08. The quantitative estimate of drug-likeness (QED) is 0.175. The Balaban J connectivity index is 1.07. The molecule has 0 saturated carbocycles. The van der Waals surface area contributed by atoms with Gasteiger partial charge in [-0.25, -0.2) is 4.98 Å². The van der Waals surface area contributed by atoms with E-state index in [1.165, 1.54) is 19.3 Å². The Morgan fingerprint density at radius 2 is 1.62 bits per heavy atom. The number of methoxy groups -OCH3 is 2. The molecule has 2 fully saturated rings. The largest absolute Gasteiger partial charge is 0.500 e. The highest BCUT2D eigenvalue weighted by atomic mass is 16.5. The number of fused-ring (bicyclic) bond motifs is 1. The number of likely N-dealkylation sites (tertiary alicyclic amines) is 2. The molecule has 2 saturated heterocycles. The maximum atomic E-state index is 6.08. The van der Waals surface area contributed by atoms with E-state index < -0.39 is 0 Å². The Bertz CT molecular complexity index is 1230. The Morgan fingerprint density at radius 3 is 2.40 bits per heavy atom. The number of ether oxygens (including phenoxy) is 4. The third-order valence-corrected chi connectivity index (χ3v) is 8.03.